The van der Waals surface area contributed by atoms with E-state index in [0.29, 0.717) is 26.3 Å². The Morgan fingerprint density at radius 3 is 2.67 bits per heavy atom. The number of hydrogen-bond acceptors (Lipinski definition) is 4. The van der Waals surface area contributed by atoms with Crippen molar-refractivity contribution >= 4 is 12.1 Å². The number of morpholine rings is 1. The molecule has 0 radical (unpaired) electrons. The highest BCUT2D eigenvalue weighted by Crippen LogP contribution is 1.96. The first kappa shape index (κ1) is 11.6. The zero-order valence-corrected chi connectivity index (χ0v) is 8.40. The molecule has 0 spiro atoms. The van der Waals surface area contributed by atoms with Gasteiger partial charge in [0.15, 0.2) is 0 Å². The van der Waals surface area contributed by atoms with Crippen LogP contribution in [0.25, 0.3) is 0 Å². The van der Waals surface area contributed by atoms with Crippen LogP contribution in [0.3, 0.4) is 0 Å². The number of rotatable bonds is 3. The fourth-order valence-electron chi connectivity index (χ4n) is 1.19. The van der Waals surface area contributed by atoms with Crippen LogP contribution in [-0.2, 0) is 9.47 Å². The van der Waals surface area contributed by atoms with Crippen LogP contribution in [0.4, 0.5) is 9.59 Å². The van der Waals surface area contributed by atoms with E-state index in [1.807, 2.05) is 0 Å². The van der Waals surface area contributed by atoms with Crippen molar-refractivity contribution in [1.29, 1.82) is 0 Å². The fourth-order valence-corrected chi connectivity index (χ4v) is 1.19. The van der Waals surface area contributed by atoms with Gasteiger partial charge in [-0.05, 0) is 0 Å². The van der Waals surface area contributed by atoms with Gasteiger partial charge in [0.2, 0.25) is 0 Å². The predicted molar refractivity (Wildman–Crippen MR) is 51.3 cm³/mol. The third-order valence-electron chi connectivity index (χ3n) is 1.92. The summed E-state index contributed by atoms with van der Waals surface area (Å²) in [6.07, 6.45) is -0.837. The van der Waals surface area contributed by atoms with E-state index in [2.05, 4.69) is 10.1 Å². The molecule has 1 rings (SSSR count). The molecular weight excluding hydrogens is 202 g/mol. The summed E-state index contributed by atoms with van der Waals surface area (Å²) in [5.74, 6) is 0. The molecule has 0 aliphatic carbocycles. The summed E-state index contributed by atoms with van der Waals surface area (Å²) in [5, 5.41) is 2.61. The number of primary amides is 1. The Morgan fingerprint density at radius 2 is 2.07 bits per heavy atom. The number of carbonyl (C=O) groups is 2. The Bertz CT molecular complexity index is 228. The summed E-state index contributed by atoms with van der Waals surface area (Å²) < 4.78 is 9.56. The van der Waals surface area contributed by atoms with E-state index in [-0.39, 0.29) is 19.2 Å². The highest BCUT2D eigenvalue weighted by Gasteiger charge is 2.15. The van der Waals surface area contributed by atoms with Gasteiger partial charge in [0.1, 0.15) is 6.61 Å². The maximum Gasteiger partial charge on any atom is 0.404 e. The molecule has 15 heavy (non-hydrogen) atoms. The normalized spacial score (nSPS) is 15.9. The lowest BCUT2D eigenvalue weighted by atomic mass is 10.4. The highest BCUT2D eigenvalue weighted by molar-refractivity contribution is 5.74. The first-order chi connectivity index (χ1) is 7.20. The predicted octanol–water partition coefficient (Wildman–Crippen LogP) is -0.876. The lowest BCUT2D eigenvalue weighted by molar-refractivity contribution is 0.0528. The van der Waals surface area contributed by atoms with Crippen LogP contribution < -0.4 is 11.1 Å². The van der Waals surface area contributed by atoms with E-state index in [1.165, 1.54) is 0 Å². The highest BCUT2D eigenvalue weighted by atomic mass is 16.5. The maximum atomic E-state index is 11.4. The Morgan fingerprint density at radius 1 is 1.40 bits per heavy atom. The van der Waals surface area contributed by atoms with Gasteiger partial charge >= 0.3 is 12.1 Å². The Balaban J connectivity index is 2.09. The van der Waals surface area contributed by atoms with Crippen molar-refractivity contribution in [1.82, 2.24) is 10.2 Å². The van der Waals surface area contributed by atoms with Crippen LogP contribution in [0.15, 0.2) is 0 Å². The number of hydrogen-bond donors (Lipinski definition) is 2. The minimum atomic E-state index is -0.837. The first-order valence-electron chi connectivity index (χ1n) is 4.73. The number of nitrogens with one attached hydrogen (secondary N) is 1. The average Bonchev–Trinajstić information content (AvgIpc) is 2.25. The summed E-state index contributed by atoms with van der Waals surface area (Å²) in [6, 6.07) is -0.175. The summed E-state index contributed by atoms with van der Waals surface area (Å²) in [7, 11) is 0. The van der Waals surface area contributed by atoms with Crippen LogP contribution in [0.1, 0.15) is 0 Å². The van der Waals surface area contributed by atoms with E-state index in [1.54, 1.807) is 4.90 Å². The molecule has 3 amide bonds. The van der Waals surface area contributed by atoms with Crippen molar-refractivity contribution in [3.63, 3.8) is 0 Å². The minimum Gasteiger partial charge on any atom is -0.448 e. The number of carbonyl (C=O) groups excluding carboxylic acids is 2. The van der Waals surface area contributed by atoms with Gasteiger partial charge < -0.3 is 25.4 Å². The topological polar surface area (TPSA) is 93.9 Å². The van der Waals surface area contributed by atoms with Crippen molar-refractivity contribution in [2.45, 2.75) is 0 Å². The minimum absolute atomic E-state index is 0.0887. The summed E-state index contributed by atoms with van der Waals surface area (Å²) >= 11 is 0. The molecule has 1 fully saturated rings. The fraction of sp³-hybridized carbons (Fsp3) is 0.750. The van der Waals surface area contributed by atoms with Gasteiger partial charge in [-0.3, -0.25) is 0 Å². The molecule has 0 aromatic heterocycles. The largest absolute Gasteiger partial charge is 0.448 e. The molecule has 1 aliphatic heterocycles. The number of amides is 3. The van der Waals surface area contributed by atoms with Gasteiger partial charge in [0.05, 0.1) is 19.8 Å². The second-order valence-electron chi connectivity index (χ2n) is 3.00. The number of urea groups is 1. The average molecular weight is 217 g/mol. The Labute approximate surface area is 87.5 Å². The third-order valence-corrected chi connectivity index (χ3v) is 1.92. The summed E-state index contributed by atoms with van der Waals surface area (Å²) in [6.45, 7) is 2.64. The summed E-state index contributed by atoms with van der Waals surface area (Å²) in [5.41, 5.74) is 4.75. The number of nitrogens with two attached hydrogens (primary N) is 1. The maximum absolute atomic E-state index is 11.4. The molecule has 0 atom stereocenters. The van der Waals surface area contributed by atoms with Gasteiger partial charge in [-0.1, -0.05) is 0 Å². The molecule has 0 saturated carbocycles. The van der Waals surface area contributed by atoms with Crippen molar-refractivity contribution in [3.8, 4) is 0 Å². The lowest BCUT2D eigenvalue weighted by Gasteiger charge is -2.26. The van der Waals surface area contributed by atoms with E-state index < -0.39 is 6.09 Å². The zero-order chi connectivity index (χ0) is 11.1. The molecule has 0 unspecified atom stereocenters. The van der Waals surface area contributed by atoms with Crippen molar-refractivity contribution in [2.24, 2.45) is 5.73 Å². The molecule has 1 saturated heterocycles. The lowest BCUT2D eigenvalue weighted by Crippen LogP contribution is -2.47. The molecule has 3 N–H and O–H groups in total. The molecule has 1 heterocycles. The van der Waals surface area contributed by atoms with Crippen LogP contribution in [0, 0.1) is 0 Å². The van der Waals surface area contributed by atoms with E-state index in [9.17, 15) is 9.59 Å². The SMILES string of the molecule is NC(=O)OCCNC(=O)N1CCOCC1. The number of ether oxygens (including phenoxy) is 2. The molecule has 1 aliphatic rings. The van der Waals surface area contributed by atoms with Crippen LogP contribution >= 0.6 is 0 Å². The Kier molecular flexibility index (Phi) is 4.69. The second-order valence-corrected chi connectivity index (χ2v) is 3.00. The van der Waals surface area contributed by atoms with Gasteiger partial charge in [-0.2, -0.15) is 0 Å². The van der Waals surface area contributed by atoms with Gasteiger partial charge in [-0.15, -0.1) is 0 Å². The van der Waals surface area contributed by atoms with E-state index >= 15 is 0 Å². The quantitative estimate of drug-likeness (QED) is 0.600. The standard InChI is InChI=1S/C8H15N3O4/c9-7(12)15-4-1-10-8(13)11-2-5-14-6-3-11/h1-6H2,(H2,9,12)(H,10,13). The van der Waals surface area contributed by atoms with E-state index in [0.717, 1.165) is 0 Å². The van der Waals surface area contributed by atoms with Crippen molar-refractivity contribution in [3.05, 3.63) is 0 Å². The van der Waals surface area contributed by atoms with E-state index in [4.69, 9.17) is 10.5 Å². The molecule has 7 nitrogen and oxygen atoms in total. The summed E-state index contributed by atoms with van der Waals surface area (Å²) in [4.78, 5) is 23.3. The molecule has 0 bridgehead atoms. The van der Waals surface area contributed by atoms with Crippen molar-refractivity contribution in [2.75, 3.05) is 39.5 Å². The van der Waals surface area contributed by atoms with Crippen LogP contribution in [-0.4, -0.2) is 56.5 Å². The van der Waals surface area contributed by atoms with Gasteiger partial charge in [0, 0.05) is 13.1 Å². The Hall–Kier alpha value is -1.50. The van der Waals surface area contributed by atoms with Crippen LogP contribution in [0.5, 0.6) is 0 Å². The van der Waals surface area contributed by atoms with Gasteiger partial charge in [-0.25, -0.2) is 9.59 Å². The molecule has 0 aromatic rings. The smallest absolute Gasteiger partial charge is 0.404 e. The molecule has 0 aromatic carbocycles. The molecule has 86 valence electrons. The molecular formula is C8H15N3O4. The van der Waals surface area contributed by atoms with Crippen molar-refractivity contribution < 1.29 is 19.1 Å². The zero-order valence-electron chi connectivity index (χ0n) is 8.40. The monoisotopic (exact) mass is 217 g/mol. The third kappa shape index (κ3) is 4.50. The van der Waals surface area contributed by atoms with Gasteiger partial charge in [0.25, 0.3) is 0 Å². The molecule has 7 heteroatoms. The second kappa shape index (κ2) is 6.07. The van der Waals surface area contributed by atoms with Crippen LogP contribution in [0.2, 0.25) is 0 Å². The number of nitrogens with zero attached hydrogens (tertiary/aromatic N) is 1. The first-order valence-corrected chi connectivity index (χ1v) is 4.73.